The molecule has 1 aromatic rings. The molecule has 2 fully saturated rings. The minimum atomic E-state index is 0.249. The van der Waals surface area contributed by atoms with Crippen LogP contribution in [0.5, 0.6) is 0 Å². The van der Waals surface area contributed by atoms with Crippen LogP contribution in [0.25, 0.3) is 0 Å². The molecule has 90 valence electrons. The maximum absolute atomic E-state index is 11.3. The van der Waals surface area contributed by atoms with Gasteiger partial charge in [0.2, 0.25) is 5.95 Å². The summed E-state index contributed by atoms with van der Waals surface area (Å²) in [5.41, 5.74) is 5.68. The van der Waals surface area contributed by atoms with Gasteiger partial charge in [0.25, 0.3) is 0 Å². The van der Waals surface area contributed by atoms with Gasteiger partial charge in [-0.2, -0.15) is 9.97 Å². The van der Waals surface area contributed by atoms with Crippen LogP contribution in [0.15, 0.2) is 6.07 Å². The second-order valence-corrected chi connectivity index (χ2v) is 4.60. The number of hydrogen-bond acceptors (Lipinski definition) is 6. The van der Waals surface area contributed by atoms with E-state index in [0.717, 1.165) is 18.2 Å². The van der Waals surface area contributed by atoms with Crippen molar-refractivity contribution in [2.24, 2.45) is 0 Å². The van der Waals surface area contributed by atoms with E-state index in [1.807, 2.05) is 11.0 Å². The molecule has 0 amide bonds. The summed E-state index contributed by atoms with van der Waals surface area (Å²) in [7, 11) is 0. The van der Waals surface area contributed by atoms with Crippen molar-refractivity contribution in [1.82, 2.24) is 9.97 Å². The number of nitrogens with two attached hydrogens (primary N) is 1. The summed E-state index contributed by atoms with van der Waals surface area (Å²) in [6, 6.07) is 2.39. The van der Waals surface area contributed by atoms with Gasteiger partial charge in [-0.05, 0) is 12.8 Å². The molecule has 0 unspecified atom stereocenters. The first-order valence-electron chi connectivity index (χ1n) is 5.88. The van der Waals surface area contributed by atoms with Gasteiger partial charge in [0.15, 0.2) is 5.78 Å². The van der Waals surface area contributed by atoms with E-state index < -0.39 is 0 Å². The number of carbonyl (C=O) groups excluding carboxylic acids is 1. The van der Waals surface area contributed by atoms with Gasteiger partial charge in [0, 0.05) is 25.1 Å². The second-order valence-electron chi connectivity index (χ2n) is 4.60. The van der Waals surface area contributed by atoms with Gasteiger partial charge >= 0.3 is 0 Å². The lowest BCUT2D eigenvalue weighted by Gasteiger charge is -2.16. The number of nitrogen functional groups attached to an aromatic ring is 1. The Morgan fingerprint density at radius 2 is 2.24 bits per heavy atom. The molecule has 0 spiro atoms. The highest BCUT2D eigenvalue weighted by Crippen LogP contribution is 2.26. The van der Waals surface area contributed by atoms with E-state index in [9.17, 15) is 4.79 Å². The molecule has 3 rings (SSSR count). The molecule has 0 atom stereocenters. The number of ketones is 1. The molecule has 1 aliphatic carbocycles. The fourth-order valence-corrected chi connectivity index (χ4v) is 1.95. The summed E-state index contributed by atoms with van der Waals surface area (Å²) in [5.74, 6) is 2.00. The SMILES string of the molecule is Nc1nc(NC2CC2)cc(N2CCC(=O)C2)n1. The largest absolute Gasteiger partial charge is 0.368 e. The lowest BCUT2D eigenvalue weighted by atomic mass is 10.4. The Hall–Kier alpha value is -1.85. The molecule has 0 aromatic carbocycles. The van der Waals surface area contributed by atoms with Crippen LogP contribution in [0, 0.1) is 0 Å². The normalized spacial score (nSPS) is 19.8. The molecule has 3 N–H and O–H groups in total. The van der Waals surface area contributed by atoms with Gasteiger partial charge in [0.1, 0.15) is 11.6 Å². The maximum atomic E-state index is 11.3. The van der Waals surface area contributed by atoms with Gasteiger partial charge in [-0.3, -0.25) is 4.79 Å². The average molecular weight is 233 g/mol. The number of hydrogen-bond donors (Lipinski definition) is 2. The van der Waals surface area contributed by atoms with E-state index in [1.54, 1.807) is 0 Å². The summed E-state index contributed by atoms with van der Waals surface area (Å²) in [4.78, 5) is 21.5. The van der Waals surface area contributed by atoms with Crippen molar-refractivity contribution in [2.45, 2.75) is 25.3 Å². The maximum Gasteiger partial charge on any atom is 0.223 e. The van der Waals surface area contributed by atoms with Crippen molar-refractivity contribution in [3.63, 3.8) is 0 Å². The van der Waals surface area contributed by atoms with Crippen LogP contribution in [0.2, 0.25) is 0 Å². The minimum Gasteiger partial charge on any atom is -0.368 e. The lowest BCUT2D eigenvalue weighted by molar-refractivity contribution is -0.116. The zero-order valence-corrected chi connectivity index (χ0v) is 9.52. The molecule has 6 heteroatoms. The van der Waals surface area contributed by atoms with E-state index in [-0.39, 0.29) is 11.7 Å². The van der Waals surface area contributed by atoms with E-state index in [0.29, 0.717) is 19.0 Å². The monoisotopic (exact) mass is 233 g/mol. The molecule has 1 saturated carbocycles. The highest BCUT2D eigenvalue weighted by Gasteiger charge is 2.24. The van der Waals surface area contributed by atoms with Crippen molar-refractivity contribution < 1.29 is 4.79 Å². The number of carbonyl (C=O) groups is 1. The second kappa shape index (κ2) is 3.87. The van der Waals surface area contributed by atoms with Crippen LogP contribution in [0.3, 0.4) is 0 Å². The summed E-state index contributed by atoms with van der Waals surface area (Å²) in [5, 5.41) is 3.29. The zero-order valence-electron chi connectivity index (χ0n) is 9.52. The average Bonchev–Trinajstić information content (AvgIpc) is 2.97. The molecule has 0 bridgehead atoms. The molecule has 1 aliphatic heterocycles. The molecule has 17 heavy (non-hydrogen) atoms. The first-order chi connectivity index (χ1) is 8.20. The van der Waals surface area contributed by atoms with Gasteiger partial charge in [-0.1, -0.05) is 0 Å². The Kier molecular flexibility index (Phi) is 2.35. The van der Waals surface area contributed by atoms with E-state index >= 15 is 0 Å². The third-order valence-corrected chi connectivity index (χ3v) is 3.01. The Labute approximate surface area is 99.2 Å². The van der Waals surface area contributed by atoms with Crippen LogP contribution in [0.4, 0.5) is 17.6 Å². The number of anilines is 3. The van der Waals surface area contributed by atoms with Gasteiger partial charge in [0.05, 0.1) is 6.54 Å². The van der Waals surface area contributed by atoms with E-state index in [1.165, 1.54) is 12.8 Å². The molecule has 6 nitrogen and oxygen atoms in total. The van der Waals surface area contributed by atoms with Crippen molar-refractivity contribution in [3.05, 3.63) is 6.07 Å². The lowest BCUT2D eigenvalue weighted by Crippen LogP contribution is -2.22. The number of aromatic nitrogens is 2. The topological polar surface area (TPSA) is 84.1 Å². The van der Waals surface area contributed by atoms with Gasteiger partial charge in [-0.25, -0.2) is 0 Å². The van der Waals surface area contributed by atoms with E-state index in [4.69, 9.17) is 5.73 Å². The number of nitrogens with zero attached hydrogens (tertiary/aromatic N) is 3. The molecule has 1 saturated heterocycles. The smallest absolute Gasteiger partial charge is 0.223 e. The molecule has 0 radical (unpaired) electrons. The van der Waals surface area contributed by atoms with Crippen molar-refractivity contribution in [1.29, 1.82) is 0 Å². The number of nitrogens with one attached hydrogen (secondary N) is 1. The van der Waals surface area contributed by atoms with Crippen LogP contribution in [-0.2, 0) is 4.79 Å². The Morgan fingerprint density at radius 1 is 1.41 bits per heavy atom. The molecule has 2 aliphatic rings. The quantitative estimate of drug-likeness (QED) is 0.786. The fourth-order valence-electron chi connectivity index (χ4n) is 1.95. The first kappa shape index (κ1) is 10.3. The molecule has 1 aromatic heterocycles. The third-order valence-electron chi connectivity index (χ3n) is 3.01. The Bertz CT molecular complexity index is 457. The summed E-state index contributed by atoms with van der Waals surface area (Å²) in [6.45, 7) is 1.15. The summed E-state index contributed by atoms with van der Waals surface area (Å²) >= 11 is 0. The van der Waals surface area contributed by atoms with Crippen molar-refractivity contribution >= 4 is 23.4 Å². The van der Waals surface area contributed by atoms with Crippen LogP contribution in [0.1, 0.15) is 19.3 Å². The van der Waals surface area contributed by atoms with Crippen LogP contribution >= 0.6 is 0 Å². The highest BCUT2D eigenvalue weighted by molar-refractivity contribution is 5.86. The molecule has 2 heterocycles. The standard InChI is InChI=1S/C11H15N5O/c12-11-14-9(13-7-1-2-7)5-10(15-11)16-4-3-8(17)6-16/h5,7H,1-4,6H2,(H3,12,13,14,15). The molecular weight excluding hydrogens is 218 g/mol. The Balaban J connectivity index is 1.82. The van der Waals surface area contributed by atoms with Gasteiger partial charge < -0.3 is 16.0 Å². The first-order valence-corrected chi connectivity index (χ1v) is 5.88. The predicted octanol–water partition coefficient (Wildman–Crippen LogP) is 0.412. The van der Waals surface area contributed by atoms with Gasteiger partial charge in [-0.15, -0.1) is 0 Å². The third kappa shape index (κ3) is 2.30. The fraction of sp³-hybridized carbons (Fsp3) is 0.545. The zero-order chi connectivity index (χ0) is 11.8. The predicted molar refractivity (Wildman–Crippen MR) is 64.9 cm³/mol. The van der Waals surface area contributed by atoms with Crippen LogP contribution in [-0.4, -0.2) is 34.9 Å². The minimum absolute atomic E-state index is 0.249. The highest BCUT2D eigenvalue weighted by atomic mass is 16.1. The van der Waals surface area contributed by atoms with Crippen molar-refractivity contribution in [2.75, 3.05) is 29.0 Å². The van der Waals surface area contributed by atoms with Crippen LogP contribution < -0.4 is 16.0 Å². The number of rotatable bonds is 3. The molecular formula is C11H15N5O. The summed E-state index contributed by atoms with van der Waals surface area (Å²) in [6.07, 6.45) is 2.96. The summed E-state index contributed by atoms with van der Waals surface area (Å²) < 4.78 is 0. The van der Waals surface area contributed by atoms with Crippen molar-refractivity contribution in [3.8, 4) is 0 Å². The number of Topliss-reactive ketones (excluding diaryl/α,β-unsaturated/α-hetero) is 1. The Morgan fingerprint density at radius 3 is 2.88 bits per heavy atom. The van der Waals surface area contributed by atoms with E-state index in [2.05, 4.69) is 15.3 Å².